The van der Waals surface area contributed by atoms with Gasteiger partial charge in [-0.3, -0.25) is 9.78 Å². The van der Waals surface area contributed by atoms with Gasteiger partial charge in [0.25, 0.3) is 6.43 Å². The third-order valence-corrected chi connectivity index (χ3v) is 3.05. The highest BCUT2D eigenvalue weighted by Gasteiger charge is 2.15. The molecule has 120 valence electrons. The maximum Gasteiger partial charge on any atom is 0.322 e. The molecule has 0 saturated heterocycles. The van der Waals surface area contributed by atoms with Crippen LogP contribution in [0.4, 0.5) is 18.9 Å². The van der Waals surface area contributed by atoms with Crippen molar-refractivity contribution >= 4 is 17.9 Å². The van der Waals surface area contributed by atoms with E-state index in [1.165, 1.54) is 18.3 Å². The number of nitrogens with zero attached hydrogens (tertiary/aromatic N) is 1. The zero-order valence-corrected chi connectivity index (χ0v) is 11.7. The molecule has 0 spiro atoms. The van der Waals surface area contributed by atoms with Crippen LogP contribution >= 0.6 is 0 Å². The molecule has 2 rings (SSSR count). The van der Waals surface area contributed by atoms with E-state index in [4.69, 9.17) is 10.5 Å². The molecule has 0 unspecified atom stereocenters. The number of anilines is 1. The van der Waals surface area contributed by atoms with Crippen LogP contribution in [0.3, 0.4) is 0 Å². The normalized spacial score (nSPS) is 10.6. The summed E-state index contributed by atoms with van der Waals surface area (Å²) in [5.41, 5.74) is 0.446. The average Bonchev–Trinajstić information content (AvgIpc) is 2.52. The van der Waals surface area contributed by atoms with Gasteiger partial charge in [0, 0.05) is 18.0 Å². The number of alkyl halides is 2. The van der Waals surface area contributed by atoms with Gasteiger partial charge in [-0.2, -0.15) is 0 Å². The molecular weight excluding hydrogens is 311 g/mol. The van der Waals surface area contributed by atoms with Gasteiger partial charge in [0.05, 0.1) is 11.3 Å². The molecule has 1 heterocycles. The Balaban J connectivity index is 2.43. The Labute approximate surface area is 129 Å². The predicted octanol–water partition coefficient (Wildman–Crippen LogP) is 3.32. The summed E-state index contributed by atoms with van der Waals surface area (Å²) in [4.78, 5) is 14.6. The number of hydrogen-bond donors (Lipinski definition) is 3. The monoisotopic (exact) mass is 323 g/mol. The molecule has 23 heavy (non-hydrogen) atoms. The SMILES string of the molecule is N=Cc1ncc(-c2ccc(F)c(C(F)F)c2)cc1NCC(=O)O. The Morgan fingerprint density at radius 3 is 2.70 bits per heavy atom. The van der Waals surface area contributed by atoms with E-state index in [1.54, 1.807) is 0 Å². The minimum absolute atomic E-state index is 0.200. The quantitative estimate of drug-likeness (QED) is 0.712. The van der Waals surface area contributed by atoms with Crippen molar-refractivity contribution in [2.75, 3.05) is 11.9 Å². The Hall–Kier alpha value is -2.90. The van der Waals surface area contributed by atoms with Crippen LogP contribution < -0.4 is 5.32 Å². The third kappa shape index (κ3) is 3.85. The van der Waals surface area contributed by atoms with Gasteiger partial charge in [0.2, 0.25) is 0 Å². The Morgan fingerprint density at radius 1 is 1.35 bits per heavy atom. The van der Waals surface area contributed by atoms with E-state index in [9.17, 15) is 18.0 Å². The third-order valence-electron chi connectivity index (χ3n) is 3.05. The first-order valence-corrected chi connectivity index (χ1v) is 6.46. The maximum absolute atomic E-state index is 13.3. The van der Waals surface area contributed by atoms with E-state index in [2.05, 4.69) is 10.3 Å². The highest BCUT2D eigenvalue weighted by molar-refractivity contribution is 5.86. The molecule has 3 N–H and O–H groups in total. The van der Waals surface area contributed by atoms with Crippen molar-refractivity contribution in [2.45, 2.75) is 6.43 Å². The molecule has 0 atom stereocenters. The lowest BCUT2D eigenvalue weighted by Crippen LogP contribution is -2.14. The molecule has 8 heteroatoms. The summed E-state index contributed by atoms with van der Waals surface area (Å²) in [6.07, 6.45) is -0.675. The molecule has 1 aromatic carbocycles. The molecular formula is C15H12F3N3O2. The van der Waals surface area contributed by atoms with Crippen molar-refractivity contribution in [1.82, 2.24) is 4.98 Å². The van der Waals surface area contributed by atoms with E-state index < -0.39 is 30.3 Å². The van der Waals surface area contributed by atoms with Crippen LogP contribution in [0.2, 0.25) is 0 Å². The van der Waals surface area contributed by atoms with Gasteiger partial charge in [-0.25, -0.2) is 13.2 Å². The highest BCUT2D eigenvalue weighted by atomic mass is 19.3. The van der Waals surface area contributed by atoms with Crippen LogP contribution in [0.15, 0.2) is 30.5 Å². The first-order valence-electron chi connectivity index (χ1n) is 6.46. The molecule has 0 aliphatic carbocycles. The second kappa shape index (κ2) is 6.91. The van der Waals surface area contributed by atoms with Crippen LogP contribution in [-0.2, 0) is 4.79 Å². The van der Waals surface area contributed by atoms with Crippen LogP contribution in [0.5, 0.6) is 0 Å². The molecule has 2 aromatic rings. The summed E-state index contributed by atoms with van der Waals surface area (Å²) in [6, 6.07) is 4.75. The Kier molecular flexibility index (Phi) is 4.95. The number of halogens is 3. The number of carboxylic acid groups (broad SMARTS) is 1. The lowest BCUT2D eigenvalue weighted by Gasteiger charge is -2.11. The number of benzene rings is 1. The molecule has 0 aliphatic rings. The maximum atomic E-state index is 13.3. The summed E-state index contributed by atoms with van der Waals surface area (Å²) in [5, 5.41) is 18.5. The predicted molar refractivity (Wildman–Crippen MR) is 78.6 cm³/mol. The number of aromatic nitrogens is 1. The molecule has 0 amide bonds. The lowest BCUT2D eigenvalue weighted by atomic mass is 10.0. The molecule has 0 saturated carbocycles. The summed E-state index contributed by atoms with van der Waals surface area (Å²) in [7, 11) is 0. The molecule has 0 bridgehead atoms. The smallest absolute Gasteiger partial charge is 0.322 e. The second-order valence-corrected chi connectivity index (χ2v) is 4.59. The fourth-order valence-electron chi connectivity index (χ4n) is 1.95. The number of pyridine rings is 1. The number of carboxylic acids is 1. The van der Waals surface area contributed by atoms with Crippen molar-refractivity contribution in [3.63, 3.8) is 0 Å². The largest absolute Gasteiger partial charge is 0.480 e. The zero-order chi connectivity index (χ0) is 17.0. The van der Waals surface area contributed by atoms with E-state index in [0.717, 1.165) is 18.3 Å². The van der Waals surface area contributed by atoms with Gasteiger partial charge in [-0.05, 0) is 23.8 Å². The van der Waals surface area contributed by atoms with Crippen molar-refractivity contribution in [1.29, 1.82) is 5.41 Å². The van der Waals surface area contributed by atoms with Gasteiger partial charge < -0.3 is 15.8 Å². The number of hydrogen-bond acceptors (Lipinski definition) is 4. The van der Waals surface area contributed by atoms with Gasteiger partial charge in [0.15, 0.2) is 0 Å². The van der Waals surface area contributed by atoms with Gasteiger partial charge in [0.1, 0.15) is 18.1 Å². The molecule has 0 radical (unpaired) electrons. The number of rotatable bonds is 6. The second-order valence-electron chi connectivity index (χ2n) is 4.59. The van der Waals surface area contributed by atoms with Crippen LogP contribution in [-0.4, -0.2) is 28.8 Å². The van der Waals surface area contributed by atoms with Crippen molar-refractivity contribution in [3.05, 3.63) is 47.5 Å². The fourth-order valence-corrected chi connectivity index (χ4v) is 1.95. The standard InChI is InChI=1S/C15H12F3N3O2/c16-11-2-1-8(3-10(11)15(17)18)9-4-12(21-7-14(22)23)13(5-19)20-6-9/h1-6,15,19,21H,7H2,(H,22,23). The highest BCUT2D eigenvalue weighted by Crippen LogP contribution is 2.29. The fraction of sp³-hybridized carbons (Fsp3) is 0.133. The van der Waals surface area contributed by atoms with Crippen molar-refractivity contribution in [3.8, 4) is 11.1 Å². The molecule has 5 nitrogen and oxygen atoms in total. The minimum atomic E-state index is -2.95. The van der Waals surface area contributed by atoms with Crippen LogP contribution in [0.25, 0.3) is 11.1 Å². The van der Waals surface area contributed by atoms with Gasteiger partial charge in [-0.15, -0.1) is 0 Å². The molecule has 0 fully saturated rings. The summed E-state index contributed by atoms with van der Waals surface area (Å²) in [5.74, 6) is -2.11. The van der Waals surface area contributed by atoms with E-state index in [1.807, 2.05) is 0 Å². The minimum Gasteiger partial charge on any atom is -0.480 e. The first kappa shape index (κ1) is 16.5. The number of nitrogens with one attached hydrogen (secondary N) is 2. The number of aliphatic carboxylic acids is 1. The van der Waals surface area contributed by atoms with Gasteiger partial charge in [-0.1, -0.05) is 6.07 Å². The molecule has 1 aromatic heterocycles. The first-order chi connectivity index (χ1) is 10.9. The Morgan fingerprint density at radius 2 is 2.09 bits per heavy atom. The average molecular weight is 323 g/mol. The van der Waals surface area contributed by atoms with E-state index >= 15 is 0 Å². The Bertz CT molecular complexity index is 751. The zero-order valence-electron chi connectivity index (χ0n) is 11.7. The molecule has 0 aliphatic heterocycles. The van der Waals surface area contributed by atoms with Crippen molar-refractivity contribution in [2.24, 2.45) is 0 Å². The van der Waals surface area contributed by atoms with Crippen LogP contribution in [0.1, 0.15) is 17.7 Å². The van der Waals surface area contributed by atoms with E-state index in [-0.39, 0.29) is 11.4 Å². The van der Waals surface area contributed by atoms with Crippen molar-refractivity contribution < 1.29 is 23.1 Å². The summed E-state index contributed by atoms with van der Waals surface area (Å²) in [6.45, 7) is -0.391. The van der Waals surface area contributed by atoms with Crippen LogP contribution in [0, 0.1) is 11.2 Å². The topological polar surface area (TPSA) is 86.1 Å². The summed E-state index contributed by atoms with van der Waals surface area (Å²) >= 11 is 0. The van der Waals surface area contributed by atoms with Gasteiger partial charge >= 0.3 is 5.97 Å². The number of carbonyl (C=O) groups is 1. The lowest BCUT2D eigenvalue weighted by molar-refractivity contribution is -0.134. The van der Waals surface area contributed by atoms with E-state index in [0.29, 0.717) is 11.1 Å². The summed E-state index contributed by atoms with van der Waals surface area (Å²) < 4.78 is 38.9.